The third-order valence-corrected chi connectivity index (χ3v) is 3.60. The maximum Gasteiger partial charge on any atom is 0.0298 e. The molecule has 0 saturated heterocycles. The molecule has 0 aromatic heterocycles. The monoisotopic (exact) mass is 337 g/mol. The molecule has 2 heteroatoms. The Bertz CT molecular complexity index is 450. The van der Waals surface area contributed by atoms with Crippen LogP contribution < -0.4 is 5.73 Å². The average molecular weight is 337 g/mol. The molecule has 0 bridgehead atoms. The lowest BCUT2D eigenvalue weighted by atomic mass is 10.00. The maximum atomic E-state index is 6.19. The van der Waals surface area contributed by atoms with E-state index in [1.807, 2.05) is 6.07 Å². The Morgan fingerprint density at radius 3 is 2.24 bits per heavy atom. The van der Waals surface area contributed by atoms with Crippen molar-refractivity contribution in [1.29, 1.82) is 0 Å². The molecule has 0 radical (unpaired) electrons. The minimum atomic E-state index is 0.132. The first-order valence-corrected chi connectivity index (χ1v) is 6.88. The summed E-state index contributed by atoms with van der Waals surface area (Å²) in [5.41, 5.74) is 8.77. The van der Waals surface area contributed by atoms with E-state index >= 15 is 0 Å². The van der Waals surface area contributed by atoms with Crippen molar-refractivity contribution in [2.75, 3.05) is 0 Å². The van der Waals surface area contributed by atoms with Gasteiger partial charge in [-0.05, 0) is 58.7 Å². The summed E-state index contributed by atoms with van der Waals surface area (Å²) in [5.74, 6) is 0. The standard InChI is InChI=1S/C15H16IN/c16-14-9-7-13(8-10-14)15(17)11-6-12-4-2-1-3-5-12/h1-5,7-10,15H,6,11,17H2. The van der Waals surface area contributed by atoms with Crippen LogP contribution in [0.2, 0.25) is 0 Å². The van der Waals surface area contributed by atoms with Gasteiger partial charge in [-0.15, -0.1) is 0 Å². The first-order chi connectivity index (χ1) is 8.25. The van der Waals surface area contributed by atoms with E-state index in [2.05, 4.69) is 71.1 Å². The Morgan fingerprint density at radius 1 is 0.941 bits per heavy atom. The molecule has 2 aromatic rings. The van der Waals surface area contributed by atoms with Gasteiger partial charge in [0.15, 0.2) is 0 Å². The molecule has 1 unspecified atom stereocenters. The van der Waals surface area contributed by atoms with Crippen molar-refractivity contribution in [2.24, 2.45) is 5.73 Å². The first kappa shape index (κ1) is 12.6. The van der Waals surface area contributed by atoms with Crippen molar-refractivity contribution in [3.8, 4) is 0 Å². The van der Waals surface area contributed by atoms with E-state index in [0.717, 1.165) is 12.8 Å². The van der Waals surface area contributed by atoms with Gasteiger partial charge in [0.1, 0.15) is 0 Å². The van der Waals surface area contributed by atoms with E-state index in [4.69, 9.17) is 5.73 Å². The Kier molecular flexibility index (Phi) is 4.57. The summed E-state index contributed by atoms with van der Waals surface area (Å²) in [5, 5.41) is 0. The van der Waals surface area contributed by atoms with E-state index in [9.17, 15) is 0 Å². The molecule has 2 N–H and O–H groups in total. The van der Waals surface area contributed by atoms with Gasteiger partial charge >= 0.3 is 0 Å². The SMILES string of the molecule is NC(CCc1ccccc1)c1ccc(I)cc1. The summed E-state index contributed by atoms with van der Waals surface area (Å²) < 4.78 is 1.25. The molecule has 0 heterocycles. The fourth-order valence-electron chi connectivity index (χ4n) is 1.84. The van der Waals surface area contributed by atoms with Crippen molar-refractivity contribution >= 4 is 22.6 Å². The highest BCUT2D eigenvalue weighted by Crippen LogP contribution is 2.18. The lowest BCUT2D eigenvalue weighted by Gasteiger charge is -2.12. The van der Waals surface area contributed by atoms with Gasteiger partial charge in [-0.1, -0.05) is 42.5 Å². The number of nitrogens with two attached hydrogens (primary N) is 1. The van der Waals surface area contributed by atoms with Crippen LogP contribution in [0.15, 0.2) is 54.6 Å². The molecule has 2 rings (SSSR count). The molecule has 0 aliphatic rings. The minimum Gasteiger partial charge on any atom is -0.324 e. The van der Waals surface area contributed by atoms with E-state index in [0.29, 0.717) is 0 Å². The van der Waals surface area contributed by atoms with Crippen LogP contribution in [0.3, 0.4) is 0 Å². The predicted molar refractivity (Wildman–Crippen MR) is 80.9 cm³/mol. The van der Waals surface area contributed by atoms with Gasteiger partial charge in [0.05, 0.1) is 0 Å². The van der Waals surface area contributed by atoms with Crippen LogP contribution in [0.5, 0.6) is 0 Å². The van der Waals surface area contributed by atoms with Gasteiger partial charge in [0, 0.05) is 9.61 Å². The first-order valence-electron chi connectivity index (χ1n) is 5.80. The third-order valence-electron chi connectivity index (χ3n) is 2.88. The molecular formula is C15H16IN. The smallest absolute Gasteiger partial charge is 0.0298 e. The van der Waals surface area contributed by atoms with Crippen LogP contribution in [0, 0.1) is 3.57 Å². The Hall–Kier alpha value is -0.870. The molecule has 2 aromatic carbocycles. The Balaban J connectivity index is 1.93. The molecule has 0 aliphatic carbocycles. The van der Waals surface area contributed by atoms with E-state index in [1.54, 1.807) is 0 Å². The quantitative estimate of drug-likeness (QED) is 0.841. The van der Waals surface area contributed by atoms with Crippen molar-refractivity contribution in [3.05, 3.63) is 69.3 Å². The van der Waals surface area contributed by atoms with Gasteiger partial charge in [0.25, 0.3) is 0 Å². The number of rotatable bonds is 4. The fraction of sp³-hybridized carbons (Fsp3) is 0.200. The number of benzene rings is 2. The second-order valence-corrected chi connectivity index (χ2v) is 5.43. The normalized spacial score (nSPS) is 12.4. The lowest BCUT2D eigenvalue weighted by molar-refractivity contribution is 0.651. The lowest BCUT2D eigenvalue weighted by Crippen LogP contribution is -2.11. The number of hydrogen-bond acceptors (Lipinski definition) is 1. The molecule has 17 heavy (non-hydrogen) atoms. The van der Waals surface area contributed by atoms with Gasteiger partial charge in [0.2, 0.25) is 0 Å². The largest absolute Gasteiger partial charge is 0.324 e. The van der Waals surface area contributed by atoms with Crippen LogP contribution >= 0.6 is 22.6 Å². The summed E-state index contributed by atoms with van der Waals surface area (Å²) in [4.78, 5) is 0. The second-order valence-electron chi connectivity index (χ2n) is 4.18. The average Bonchev–Trinajstić information content (AvgIpc) is 2.38. The molecule has 88 valence electrons. The van der Waals surface area contributed by atoms with Gasteiger partial charge in [-0.3, -0.25) is 0 Å². The Morgan fingerprint density at radius 2 is 1.59 bits per heavy atom. The molecule has 1 atom stereocenters. The van der Waals surface area contributed by atoms with Crippen molar-refractivity contribution < 1.29 is 0 Å². The number of hydrogen-bond donors (Lipinski definition) is 1. The molecule has 0 saturated carbocycles. The molecule has 0 aliphatic heterocycles. The zero-order valence-electron chi connectivity index (χ0n) is 9.64. The van der Waals surface area contributed by atoms with Gasteiger partial charge in [-0.2, -0.15) is 0 Å². The van der Waals surface area contributed by atoms with Gasteiger partial charge in [-0.25, -0.2) is 0 Å². The van der Waals surface area contributed by atoms with Crippen LogP contribution in [0.4, 0.5) is 0 Å². The molecular weight excluding hydrogens is 321 g/mol. The van der Waals surface area contributed by atoms with Crippen LogP contribution in [0.1, 0.15) is 23.6 Å². The van der Waals surface area contributed by atoms with Crippen molar-refractivity contribution in [3.63, 3.8) is 0 Å². The Labute approximate surface area is 116 Å². The number of halogens is 1. The van der Waals surface area contributed by atoms with E-state index in [1.165, 1.54) is 14.7 Å². The highest BCUT2D eigenvalue weighted by Gasteiger charge is 2.05. The highest BCUT2D eigenvalue weighted by atomic mass is 127. The van der Waals surface area contributed by atoms with Crippen LogP contribution in [0.25, 0.3) is 0 Å². The topological polar surface area (TPSA) is 26.0 Å². The van der Waals surface area contributed by atoms with E-state index in [-0.39, 0.29) is 6.04 Å². The molecule has 0 fully saturated rings. The molecule has 1 nitrogen and oxygen atoms in total. The zero-order valence-corrected chi connectivity index (χ0v) is 11.8. The molecule has 0 amide bonds. The fourth-order valence-corrected chi connectivity index (χ4v) is 2.20. The summed E-state index contributed by atoms with van der Waals surface area (Å²) in [6.45, 7) is 0. The second kappa shape index (κ2) is 6.17. The molecule has 0 spiro atoms. The summed E-state index contributed by atoms with van der Waals surface area (Å²) in [6, 6.07) is 19.1. The zero-order chi connectivity index (χ0) is 12.1. The summed E-state index contributed by atoms with van der Waals surface area (Å²) in [7, 11) is 0. The maximum absolute atomic E-state index is 6.19. The summed E-state index contributed by atoms with van der Waals surface area (Å²) >= 11 is 2.31. The van der Waals surface area contributed by atoms with Crippen molar-refractivity contribution in [1.82, 2.24) is 0 Å². The van der Waals surface area contributed by atoms with Crippen LogP contribution in [-0.2, 0) is 6.42 Å². The minimum absolute atomic E-state index is 0.132. The third kappa shape index (κ3) is 3.82. The summed E-state index contributed by atoms with van der Waals surface area (Å²) in [6.07, 6.45) is 2.03. The number of aryl methyl sites for hydroxylation is 1. The highest BCUT2D eigenvalue weighted by molar-refractivity contribution is 14.1. The van der Waals surface area contributed by atoms with Gasteiger partial charge < -0.3 is 5.73 Å². The van der Waals surface area contributed by atoms with E-state index < -0.39 is 0 Å². The van der Waals surface area contributed by atoms with Crippen LogP contribution in [-0.4, -0.2) is 0 Å². The van der Waals surface area contributed by atoms with Crippen molar-refractivity contribution in [2.45, 2.75) is 18.9 Å². The predicted octanol–water partition coefficient (Wildman–Crippen LogP) is 3.92.